The molecular formula is C18H23F3N2O4. The second kappa shape index (κ2) is 7.75. The molecule has 1 heterocycles. The van der Waals surface area contributed by atoms with E-state index in [2.05, 4.69) is 0 Å². The average molecular weight is 388 g/mol. The van der Waals surface area contributed by atoms with E-state index in [1.807, 2.05) is 0 Å². The Morgan fingerprint density at radius 2 is 1.85 bits per heavy atom. The van der Waals surface area contributed by atoms with E-state index >= 15 is 0 Å². The normalized spacial score (nSPS) is 18.9. The third kappa shape index (κ3) is 5.35. The number of hydrogen-bond donors (Lipinski definition) is 1. The Balaban J connectivity index is 2.18. The van der Waals surface area contributed by atoms with Crippen LogP contribution < -0.4 is 4.74 Å². The number of aliphatic hydroxyl groups is 1. The number of rotatable bonds is 4. The van der Waals surface area contributed by atoms with Crippen LogP contribution in [0.2, 0.25) is 0 Å². The first kappa shape index (κ1) is 21.0. The highest BCUT2D eigenvalue weighted by Crippen LogP contribution is 2.27. The number of ether oxygens (including phenoxy) is 1. The molecule has 2 rings (SSSR count). The molecule has 150 valence electrons. The third-order valence-electron chi connectivity index (χ3n) is 4.31. The summed E-state index contributed by atoms with van der Waals surface area (Å²) in [6.07, 6.45) is -7.43. The van der Waals surface area contributed by atoms with Crippen molar-refractivity contribution in [3.63, 3.8) is 0 Å². The molecule has 9 heteroatoms. The van der Waals surface area contributed by atoms with E-state index in [1.54, 1.807) is 38.1 Å². The summed E-state index contributed by atoms with van der Waals surface area (Å²) in [5, 5.41) is 9.31. The molecule has 0 spiro atoms. The molecule has 1 unspecified atom stereocenters. The number of β-amino-alcohol motifs (C(OH)–C–C–N with tert-alkyl or cyclic N) is 1. The monoisotopic (exact) mass is 388 g/mol. The first-order valence-corrected chi connectivity index (χ1v) is 8.39. The van der Waals surface area contributed by atoms with Crippen molar-refractivity contribution in [2.24, 2.45) is 5.41 Å². The molecule has 27 heavy (non-hydrogen) atoms. The van der Waals surface area contributed by atoms with Crippen molar-refractivity contribution in [3.05, 3.63) is 29.8 Å². The summed E-state index contributed by atoms with van der Waals surface area (Å²) in [6.45, 7) is 2.52. The third-order valence-corrected chi connectivity index (χ3v) is 4.31. The lowest BCUT2D eigenvalue weighted by Gasteiger charge is -2.31. The topological polar surface area (TPSA) is 70.1 Å². The predicted molar refractivity (Wildman–Crippen MR) is 91.3 cm³/mol. The Kier molecular flexibility index (Phi) is 6.04. The molecule has 1 aliphatic heterocycles. The fraction of sp³-hybridized carbons (Fsp3) is 0.556. The van der Waals surface area contributed by atoms with Gasteiger partial charge in [0.1, 0.15) is 12.3 Å². The minimum absolute atomic E-state index is 0.00532. The van der Waals surface area contributed by atoms with Gasteiger partial charge in [-0.05, 0) is 29.7 Å². The van der Waals surface area contributed by atoms with Crippen LogP contribution in [0.1, 0.15) is 24.2 Å². The van der Waals surface area contributed by atoms with Gasteiger partial charge in [-0.15, -0.1) is 0 Å². The zero-order valence-electron chi connectivity index (χ0n) is 15.4. The molecule has 1 saturated heterocycles. The second-order valence-electron chi connectivity index (χ2n) is 7.39. The number of carbonyl (C=O) groups excluding carboxylic acids is 2. The summed E-state index contributed by atoms with van der Waals surface area (Å²) < 4.78 is 43.0. The highest BCUT2D eigenvalue weighted by molar-refractivity contribution is 5.96. The molecule has 0 saturated carbocycles. The quantitative estimate of drug-likeness (QED) is 0.856. The Morgan fingerprint density at radius 3 is 2.37 bits per heavy atom. The van der Waals surface area contributed by atoms with Crippen molar-refractivity contribution in [2.45, 2.75) is 26.1 Å². The van der Waals surface area contributed by atoms with E-state index < -0.39 is 36.1 Å². The minimum atomic E-state index is -4.81. The molecule has 0 bridgehead atoms. The van der Waals surface area contributed by atoms with Gasteiger partial charge in [0.15, 0.2) is 6.10 Å². The molecule has 1 aromatic carbocycles. The zero-order valence-corrected chi connectivity index (χ0v) is 15.4. The van der Waals surface area contributed by atoms with Crippen LogP contribution >= 0.6 is 0 Å². The molecule has 2 amide bonds. The van der Waals surface area contributed by atoms with E-state index in [4.69, 9.17) is 4.74 Å². The van der Waals surface area contributed by atoms with Gasteiger partial charge >= 0.3 is 6.18 Å². The first-order chi connectivity index (χ1) is 12.4. The Morgan fingerprint density at radius 1 is 1.26 bits per heavy atom. The molecule has 1 aromatic rings. The highest BCUT2D eigenvalue weighted by atomic mass is 19.4. The van der Waals surface area contributed by atoms with E-state index in [0.29, 0.717) is 11.3 Å². The van der Waals surface area contributed by atoms with E-state index in [0.717, 1.165) is 4.90 Å². The van der Waals surface area contributed by atoms with Crippen LogP contribution in [0.3, 0.4) is 0 Å². The Hall–Kier alpha value is -2.29. The number of aliphatic hydroxyl groups excluding tert-OH is 1. The lowest BCUT2D eigenvalue weighted by atomic mass is 9.92. The predicted octanol–water partition coefficient (Wildman–Crippen LogP) is 1.93. The van der Waals surface area contributed by atoms with Gasteiger partial charge in [0.2, 0.25) is 5.91 Å². The van der Waals surface area contributed by atoms with Gasteiger partial charge in [0.05, 0.1) is 13.7 Å². The maximum atomic E-state index is 12.8. The van der Waals surface area contributed by atoms with E-state index in [9.17, 15) is 27.9 Å². The molecule has 1 atom stereocenters. The van der Waals surface area contributed by atoms with Gasteiger partial charge in [-0.2, -0.15) is 13.2 Å². The zero-order chi connectivity index (χ0) is 20.4. The molecule has 0 aromatic heterocycles. The maximum absolute atomic E-state index is 12.8. The van der Waals surface area contributed by atoms with Gasteiger partial charge in [-0.1, -0.05) is 13.8 Å². The molecule has 0 aliphatic carbocycles. The Bertz CT molecular complexity index is 689. The lowest BCUT2D eigenvalue weighted by molar-refractivity contribution is -0.208. The van der Waals surface area contributed by atoms with Crippen LogP contribution in [-0.4, -0.2) is 72.3 Å². The first-order valence-electron chi connectivity index (χ1n) is 8.39. The largest absolute Gasteiger partial charge is 0.497 e. The molecule has 1 fully saturated rings. The molecular weight excluding hydrogens is 365 g/mol. The number of carbonyl (C=O) groups is 2. The van der Waals surface area contributed by atoms with Crippen molar-refractivity contribution >= 4 is 11.8 Å². The molecule has 1 N–H and O–H groups in total. The Labute approximate surface area is 155 Å². The van der Waals surface area contributed by atoms with Crippen molar-refractivity contribution in [1.82, 2.24) is 9.80 Å². The number of nitrogens with zero attached hydrogens (tertiary/aromatic N) is 2. The molecule has 6 nitrogen and oxygen atoms in total. The van der Waals surface area contributed by atoms with Gasteiger partial charge in [0, 0.05) is 18.7 Å². The average Bonchev–Trinajstić information content (AvgIpc) is 2.69. The van der Waals surface area contributed by atoms with Crippen LogP contribution in [0.25, 0.3) is 0 Å². The van der Waals surface area contributed by atoms with Crippen LogP contribution in [0.5, 0.6) is 5.75 Å². The van der Waals surface area contributed by atoms with Crippen LogP contribution in [0.15, 0.2) is 24.3 Å². The van der Waals surface area contributed by atoms with Crippen molar-refractivity contribution in [1.29, 1.82) is 0 Å². The smallest absolute Gasteiger partial charge is 0.416 e. The van der Waals surface area contributed by atoms with Crippen molar-refractivity contribution in [2.75, 3.05) is 33.3 Å². The number of alkyl halides is 3. The number of amides is 2. The van der Waals surface area contributed by atoms with Crippen molar-refractivity contribution < 1.29 is 32.6 Å². The fourth-order valence-electron chi connectivity index (χ4n) is 3.03. The van der Waals surface area contributed by atoms with Gasteiger partial charge in [-0.3, -0.25) is 9.59 Å². The van der Waals surface area contributed by atoms with Crippen molar-refractivity contribution in [3.8, 4) is 5.75 Å². The van der Waals surface area contributed by atoms with Gasteiger partial charge in [-0.25, -0.2) is 0 Å². The van der Waals surface area contributed by atoms with Crippen LogP contribution in [0, 0.1) is 5.41 Å². The van der Waals surface area contributed by atoms with Crippen LogP contribution in [-0.2, 0) is 4.79 Å². The standard InChI is InChI=1S/C18H23F3N2O4/c1-17(2)10-22(8-14(24)18(19,20)21)15(25)9-23(11-17)16(26)12-4-6-13(27-3)7-5-12/h4-7,14,24H,8-11H2,1-3H3. The summed E-state index contributed by atoms with van der Waals surface area (Å²) >= 11 is 0. The summed E-state index contributed by atoms with van der Waals surface area (Å²) in [5.41, 5.74) is -0.289. The summed E-state index contributed by atoms with van der Waals surface area (Å²) in [5.74, 6) is -0.450. The van der Waals surface area contributed by atoms with Gasteiger partial charge < -0.3 is 19.6 Å². The number of hydrogen-bond acceptors (Lipinski definition) is 4. The van der Waals surface area contributed by atoms with Crippen LogP contribution in [0.4, 0.5) is 13.2 Å². The SMILES string of the molecule is COc1ccc(C(=O)N2CC(=O)N(CC(O)C(F)(F)F)CC(C)(C)C2)cc1. The van der Waals surface area contributed by atoms with E-state index in [-0.39, 0.29) is 19.6 Å². The number of halogens is 3. The number of methoxy groups -OCH3 is 1. The maximum Gasteiger partial charge on any atom is 0.416 e. The number of benzene rings is 1. The minimum Gasteiger partial charge on any atom is -0.497 e. The molecule has 1 aliphatic rings. The highest BCUT2D eigenvalue weighted by Gasteiger charge is 2.42. The van der Waals surface area contributed by atoms with Gasteiger partial charge in [0.25, 0.3) is 5.91 Å². The van der Waals surface area contributed by atoms with E-state index in [1.165, 1.54) is 12.0 Å². The lowest BCUT2D eigenvalue weighted by Crippen LogP contribution is -2.47. The molecule has 0 radical (unpaired) electrons. The second-order valence-corrected chi connectivity index (χ2v) is 7.39. The summed E-state index contributed by atoms with van der Waals surface area (Å²) in [7, 11) is 1.50. The summed E-state index contributed by atoms with van der Waals surface area (Å²) in [4.78, 5) is 27.5. The summed E-state index contributed by atoms with van der Waals surface area (Å²) in [6, 6.07) is 6.36. The fourth-order valence-corrected chi connectivity index (χ4v) is 3.03.